The molecular formula is C21H16FN3O3S2. The van der Waals surface area contributed by atoms with Crippen molar-refractivity contribution in [3.63, 3.8) is 0 Å². The van der Waals surface area contributed by atoms with Gasteiger partial charge >= 0.3 is 0 Å². The maximum absolute atomic E-state index is 13.7. The maximum atomic E-state index is 13.7. The van der Waals surface area contributed by atoms with E-state index < -0.39 is 15.8 Å². The fraction of sp³-hybridized carbons (Fsp3) is 0.0476. The highest BCUT2D eigenvalue weighted by molar-refractivity contribution is 7.92. The fourth-order valence-electron chi connectivity index (χ4n) is 2.85. The number of halogens is 1. The Kier molecular flexibility index (Phi) is 5.23. The number of thiazole rings is 1. The smallest absolute Gasteiger partial charge is 0.261 e. The zero-order chi connectivity index (χ0) is 21.3. The van der Waals surface area contributed by atoms with Crippen molar-refractivity contribution in [1.29, 1.82) is 0 Å². The minimum atomic E-state index is -3.99. The Hall–Kier alpha value is -3.30. The summed E-state index contributed by atoms with van der Waals surface area (Å²) in [5.41, 5.74) is 1.63. The minimum absolute atomic E-state index is 0.0798. The Balaban J connectivity index is 1.50. The number of amides is 1. The molecule has 4 rings (SSSR count). The molecule has 2 N–H and O–H groups in total. The highest BCUT2D eigenvalue weighted by Gasteiger charge is 2.17. The number of carbonyl (C=O) groups excluding carboxylic acids is 1. The zero-order valence-corrected chi connectivity index (χ0v) is 17.4. The second-order valence-electron chi connectivity index (χ2n) is 6.48. The van der Waals surface area contributed by atoms with Crippen LogP contribution in [0.4, 0.5) is 15.8 Å². The first-order chi connectivity index (χ1) is 14.3. The van der Waals surface area contributed by atoms with E-state index in [0.29, 0.717) is 11.3 Å². The third kappa shape index (κ3) is 4.17. The molecule has 0 saturated carbocycles. The van der Waals surface area contributed by atoms with Crippen molar-refractivity contribution >= 4 is 48.9 Å². The highest BCUT2D eigenvalue weighted by atomic mass is 32.2. The molecule has 1 aromatic heterocycles. The molecule has 9 heteroatoms. The second kappa shape index (κ2) is 7.85. The van der Waals surface area contributed by atoms with Crippen LogP contribution in [-0.4, -0.2) is 19.3 Å². The van der Waals surface area contributed by atoms with E-state index in [9.17, 15) is 17.6 Å². The van der Waals surface area contributed by atoms with E-state index in [1.165, 1.54) is 53.8 Å². The summed E-state index contributed by atoms with van der Waals surface area (Å²) in [7, 11) is -3.99. The van der Waals surface area contributed by atoms with Crippen LogP contribution in [0.25, 0.3) is 10.2 Å². The Bertz CT molecular complexity index is 1350. The van der Waals surface area contributed by atoms with Gasteiger partial charge in [-0.15, -0.1) is 11.3 Å². The summed E-state index contributed by atoms with van der Waals surface area (Å²) in [5, 5.41) is 3.73. The van der Waals surface area contributed by atoms with Gasteiger partial charge in [0.15, 0.2) is 0 Å². The molecule has 0 atom stereocenters. The molecule has 0 aliphatic carbocycles. The first kappa shape index (κ1) is 20.0. The number of para-hydroxylation sites is 1. The van der Waals surface area contributed by atoms with Gasteiger partial charge in [-0.1, -0.05) is 12.1 Å². The van der Waals surface area contributed by atoms with Gasteiger partial charge in [-0.05, 0) is 61.5 Å². The number of nitrogens with one attached hydrogen (secondary N) is 2. The number of hydrogen-bond donors (Lipinski definition) is 2. The summed E-state index contributed by atoms with van der Waals surface area (Å²) in [6.07, 6.45) is 0. The van der Waals surface area contributed by atoms with Crippen LogP contribution in [-0.2, 0) is 10.0 Å². The molecule has 0 saturated heterocycles. The number of aryl methyl sites for hydroxylation is 1. The topological polar surface area (TPSA) is 88.2 Å². The normalized spacial score (nSPS) is 11.4. The van der Waals surface area contributed by atoms with Crippen LogP contribution < -0.4 is 10.0 Å². The van der Waals surface area contributed by atoms with Crippen molar-refractivity contribution < 1.29 is 17.6 Å². The van der Waals surface area contributed by atoms with Crippen molar-refractivity contribution in [1.82, 2.24) is 4.98 Å². The van der Waals surface area contributed by atoms with E-state index in [4.69, 9.17) is 0 Å². The van der Waals surface area contributed by atoms with Gasteiger partial charge in [0.2, 0.25) is 0 Å². The zero-order valence-electron chi connectivity index (χ0n) is 15.7. The summed E-state index contributed by atoms with van der Waals surface area (Å²) in [6.45, 7) is 1.92. The summed E-state index contributed by atoms with van der Waals surface area (Å²) in [6, 6.07) is 16.3. The van der Waals surface area contributed by atoms with Crippen LogP contribution in [0.5, 0.6) is 0 Å². The quantitative estimate of drug-likeness (QED) is 0.466. The van der Waals surface area contributed by atoms with E-state index in [2.05, 4.69) is 15.0 Å². The number of nitrogens with zero attached hydrogens (tertiary/aromatic N) is 1. The second-order valence-corrected chi connectivity index (χ2v) is 9.40. The van der Waals surface area contributed by atoms with Crippen LogP contribution >= 0.6 is 11.3 Å². The number of sulfonamides is 1. The van der Waals surface area contributed by atoms with Gasteiger partial charge in [-0.2, -0.15) is 0 Å². The molecule has 3 aromatic carbocycles. The molecule has 0 unspecified atom stereocenters. The maximum Gasteiger partial charge on any atom is 0.261 e. The summed E-state index contributed by atoms with van der Waals surface area (Å²) < 4.78 is 41.8. The molecule has 152 valence electrons. The predicted octanol–water partition coefficient (Wildman–Crippen LogP) is 4.80. The van der Waals surface area contributed by atoms with Gasteiger partial charge in [0, 0.05) is 11.3 Å². The van der Waals surface area contributed by atoms with Gasteiger partial charge in [0.25, 0.3) is 15.9 Å². The van der Waals surface area contributed by atoms with Gasteiger partial charge in [-0.3, -0.25) is 9.52 Å². The SMILES string of the molecule is Cc1nc2ccc(NC(=O)c3ccc(S(=O)(=O)Nc4ccccc4F)cc3)cc2s1. The van der Waals surface area contributed by atoms with E-state index in [1.807, 2.05) is 19.1 Å². The standard InChI is InChI=1S/C21H16FN3O3S2/c1-13-23-19-11-8-15(12-20(19)29-13)24-21(26)14-6-9-16(10-7-14)30(27,28)25-18-5-3-2-4-17(18)22/h2-12,25H,1H3,(H,24,26). The lowest BCUT2D eigenvalue weighted by atomic mass is 10.2. The van der Waals surface area contributed by atoms with Crippen LogP contribution in [0.3, 0.4) is 0 Å². The summed E-state index contributed by atoms with van der Waals surface area (Å²) >= 11 is 1.53. The Morgan fingerprint density at radius 2 is 1.77 bits per heavy atom. The Morgan fingerprint density at radius 1 is 1.03 bits per heavy atom. The van der Waals surface area contributed by atoms with Crippen molar-refractivity contribution in [2.24, 2.45) is 0 Å². The molecule has 0 aliphatic rings. The number of rotatable bonds is 5. The summed E-state index contributed by atoms with van der Waals surface area (Å²) in [5.74, 6) is -1.05. The molecule has 6 nitrogen and oxygen atoms in total. The van der Waals surface area contributed by atoms with E-state index in [0.717, 1.165) is 21.3 Å². The molecule has 0 aliphatic heterocycles. The van der Waals surface area contributed by atoms with Gasteiger partial charge in [0.1, 0.15) is 5.82 Å². The predicted molar refractivity (Wildman–Crippen MR) is 116 cm³/mol. The number of benzene rings is 3. The lowest BCUT2D eigenvalue weighted by Crippen LogP contribution is -2.15. The fourth-order valence-corrected chi connectivity index (χ4v) is 4.79. The first-order valence-electron chi connectivity index (χ1n) is 8.88. The van der Waals surface area contributed by atoms with Gasteiger partial charge in [0.05, 0.1) is 25.8 Å². The number of anilines is 2. The number of hydrogen-bond acceptors (Lipinski definition) is 5. The highest BCUT2D eigenvalue weighted by Crippen LogP contribution is 2.25. The summed E-state index contributed by atoms with van der Waals surface area (Å²) in [4.78, 5) is 16.8. The lowest BCUT2D eigenvalue weighted by molar-refractivity contribution is 0.102. The average Bonchev–Trinajstić information content (AvgIpc) is 3.09. The van der Waals surface area contributed by atoms with Crippen molar-refractivity contribution in [3.8, 4) is 0 Å². The van der Waals surface area contributed by atoms with Gasteiger partial charge in [-0.25, -0.2) is 17.8 Å². The Morgan fingerprint density at radius 3 is 2.50 bits per heavy atom. The molecule has 0 bridgehead atoms. The molecule has 0 fully saturated rings. The average molecular weight is 442 g/mol. The van der Waals surface area contributed by atoms with E-state index in [1.54, 1.807) is 6.07 Å². The van der Waals surface area contributed by atoms with Crippen LogP contribution in [0.15, 0.2) is 71.6 Å². The molecule has 0 spiro atoms. The van der Waals surface area contributed by atoms with Crippen molar-refractivity contribution in [2.75, 3.05) is 10.0 Å². The number of aromatic nitrogens is 1. The number of fused-ring (bicyclic) bond motifs is 1. The van der Waals surface area contributed by atoms with E-state index >= 15 is 0 Å². The molecular weight excluding hydrogens is 425 g/mol. The molecule has 0 radical (unpaired) electrons. The molecule has 30 heavy (non-hydrogen) atoms. The van der Waals surface area contributed by atoms with Crippen LogP contribution in [0.2, 0.25) is 0 Å². The minimum Gasteiger partial charge on any atom is -0.322 e. The van der Waals surface area contributed by atoms with Crippen LogP contribution in [0.1, 0.15) is 15.4 Å². The monoisotopic (exact) mass is 441 g/mol. The lowest BCUT2D eigenvalue weighted by Gasteiger charge is -2.10. The van der Waals surface area contributed by atoms with Crippen molar-refractivity contribution in [2.45, 2.75) is 11.8 Å². The first-order valence-corrected chi connectivity index (χ1v) is 11.2. The Labute approximate surface area is 176 Å². The third-order valence-electron chi connectivity index (χ3n) is 4.30. The number of carbonyl (C=O) groups is 1. The van der Waals surface area contributed by atoms with Crippen LogP contribution in [0, 0.1) is 12.7 Å². The van der Waals surface area contributed by atoms with Crippen molar-refractivity contribution in [3.05, 3.63) is 83.1 Å². The third-order valence-corrected chi connectivity index (χ3v) is 6.61. The van der Waals surface area contributed by atoms with Gasteiger partial charge < -0.3 is 5.32 Å². The molecule has 1 heterocycles. The molecule has 1 amide bonds. The van der Waals surface area contributed by atoms with E-state index in [-0.39, 0.29) is 16.5 Å². The largest absolute Gasteiger partial charge is 0.322 e. The molecule has 4 aromatic rings.